The number of non-ortho nitro benzene ring substituents is 1. The van der Waals surface area contributed by atoms with E-state index in [1.165, 1.54) is 0 Å². The van der Waals surface area contributed by atoms with Gasteiger partial charge in [-0.1, -0.05) is 0 Å². The molecule has 2 rings (SSSR count). The van der Waals surface area contributed by atoms with Crippen molar-refractivity contribution in [2.45, 2.75) is 29.7 Å². The number of rotatable bonds is 5. The van der Waals surface area contributed by atoms with Crippen LogP contribution >= 0.6 is 0 Å². The van der Waals surface area contributed by atoms with Crippen LogP contribution in [0.25, 0.3) is 0 Å². The van der Waals surface area contributed by atoms with E-state index < -0.39 is 36.9 Å². The molecule has 1 aliphatic carbocycles. The summed E-state index contributed by atoms with van der Waals surface area (Å²) in [5.41, 5.74) is 4.78. The Morgan fingerprint density at radius 2 is 2.10 bits per heavy atom. The highest BCUT2D eigenvalue weighted by molar-refractivity contribution is 7.89. The zero-order chi connectivity index (χ0) is 15.0. The molecule has 7 nitrogen and oxygen atoms in total. The van der Waals surface area contributed by atoms with Gasteiger partial charge >= 0.3 is 0 Å². The van der Waals surface area contributed by atoms with E-state index in [1.807, 2.05) is 0 Å². The number of hydrogen-bond donors (Lipinski definition) is 2. The molecule has 1 saturated carbocycles. The van der Waals surface area contributed by atoms with E-state index in [1.54, 1.807) is 0 Å². The van der Waals surface area contributed by atoms with Gasteiger partial charge in [-0.3, -0.25) is 10.1 Å². The SMILES string of the molecule is NC1(CNS(=O)(=O)c2cc([N+](=O)[O-])ccc2F)CCC1. The summed E-state index contributed by atoms with van der Waals surface area (Å²) in [5.74, 6) is -1.04. The minimum atomic E-state index is -4.17. The second-order valence-electron chi connectivity index (χ2n) is 4.91. The van der Waals surface area contributed by atoms with Crippen molar-refractivity contribution in [1.82, 2.24) is 4.72 Å². The van der Waals surface area contributed by atoms with Gasteiger partial charge < -0.3 is 5.73 Å². The molecule has 0 spiro atoms. The minimum absolute atomic E-state index is 0.0164. The first-order chi connectivity index (χ1) is 9.23. The molecule has 1 fully saturated rings. The molecule has 0 atom stereocenters. The first kappa shape index (κ1) is 14.8. The highest BCUT2D eigenvalue weighted by atomic mass is 32.2. The summed E-state index contributed by atoms with van der Waals surface area (Å²) in [4.78, 5) is 9.09. The summed E-state index contributed by atoms with van der Waals surface area (Å²) in [6, 6.07) is 2.36. The van der Waals surface area contributed by atoms with Crippen molar-refractivity contribution in [2.75, 3.05) is 6.54 Å². The van der Waals surface area contributed by atoms with Gasteiger partial charge in [-0.25, -0.2) is 17.5 Å². The van der Waals surface area contributed by atoms with E-state index in [9.17, 15) is 22.9 Å². The summed E-state index contributed by atoms with van der Waals surface area (Å²) in [6.07, 6.45) is 2.29. The zero-order valence-electron chi connectivity index (χ0n) is 10.5. The lowest BCUT2D eigenvalue weighted by atomic mass is 9.78. The summed E-state index contributed by atoms with van der Waals surface area (Å²) in [5, 5.41) is 10.6. The van der Waals surface area contributed by atoms with Crippen molar-refractivity contribution in [1.29, 1.82) is 0 Å². The molecule has 0 unspecified atom stereocenters. The molecular formula is C11H14FN3O4S. The molecule has 0 amide bonds. The fraction of sp³-hybridized carbons (Fsp3) is 0.455. The zero-order valence-corrected chi connectivity index (χ0v) is 11.3. The molecule has 1 aliphatic rings. The van der Waals surface area contributed by atoms with Crippen molar-refractivity contribution < 1.29 is 17.7 Å². The third kappa shape index (κ3) is 2.94. The van der Waals surface area contributed by atoms with Crippen LogP contribution in [0.4, 0.5) is 10.1 Å². The van der Waals surface area contributed by atoms with Crippen molar-refractivity contribution in [2.24, 2.45) is 5.73 Å². The van der Waals surface area contributed by atoms with E-state index in [0.717, 1.165) is 18.6 Å². The number of sulfonamides is 1. The highest BCUT2D eigenvalue weighted by Crippen LogP contribution is 2.29. The molecule has 0 heterocycles. The van der Waals surface area contributed by atoms with Crippen LogP contribution in [0.1, 0.15) is 19.3 Å². The quantitative estimate of drug-likeness (QED) is 0.619. The number of nitrogens with zero attached hydrogens (tertiary/aromatic N) is 1. The molecule has 110 valence electrons. The normalized spacial score (nSPS) is 17.5. The lowest BCUT2D eigenvalue weighted by molar-refractivity contribution is -0.385. The van der Waals surface area contributed by atoms with Gasteiger partial charge in [0.05, 0.1) is 4.92 Å². The average Bonchev–Trinajstić information content (AvgIpc) is 2.34. The lowest BCUT2D eigenvalue weighted by Gasteiger charge is -2.37. The van der Waals surface area contributed by atoms with Crippen LogP contribution < -0.4 is 10.5 Å². The number of nitro groups is 1. The Morgan fingerprint density at radius 3 is 2.60 bits per heavy atom. The molecule has 0 aliphatic heterocycles. The number of nitrogens with two attached hydrogens (primary N) is 1. The fourth-order valence-corrected chi connectivity index (χ4v) is 3.17. The van der Waals surface area contributed by atoms with Crippen molar-refractivity contribution in [3.63, 3.8) is 0 Å². The van der Waals surface area contributed by atoms with Crippen LogP contribution in [0.15, 0.2) is 23.1 Å². The van der Waals surface area contributed by atoms with E-state index in [0.29, 0.717) is 18.9 Å². The van der Waals surface area contributed by atoms with E-state index >= 15 is 0 Å². The largest absolute Gasteiger partial charge is 0.324 e. The molecular weight excluding hydrogens is 289 g/mol. The Kier molecular flexibility index (Phi) is 3.76. The Morgan fingerprint density at radius 1 is 1.45 bits per heavy atom. The van der Waals surface area contributed by atoms with Gasteiger partial charge in [0.2, 0.25) is 10.0 Å². The van der Waals surface area contributed by atoms with Crippen LogP contribution in [0.5, 0.6) is 0 Å². The summed E-state index contributed by atoms with van der Waals surface area (Å²) in [6.45, 7) is -0.0164. The number of benzene rings is 1. The van der Waals surface area contributed by atoms with Gasteiger partial charge in [0, 0.05) is 24.2 Å². The summed E-state index contributed by atoms with van der Waals surface area (Å²) in [7, 11) is -4.17. The number of hydrogen-bond acceptors (Lipinski definition) is 5. The lowest BCUT2D eigenvalue weighted by Crippen LogP contribution is -2.54. The molecule has 0 bridgehead atoms. The monoisotopic (exact) mass is 303 g/mol. The maximum Gasteiger partial charge on any atom is 0.270 e. The van der Waals surface area contributed by atoms with Crippen LogP contribution in [-0.2, 0) is 10.0 Å². The molecule has 9 heteroatoms. The minimum Gasteiger partial charge on any atom is -0.324 e. The van der Waals surface area contributed by atoms with Gasteiger partial charge in [-0.2, -0.15) is 0 Å². The Hall–Kier alpha value is -1.58. The second-order valence-corrected chi connectivity index (χ2v) is 6.65. The number of halogens is 1. The van der Waals surface area contributed by atoms with Crippen LogP contribution in [0.3, 0.4) is 0 Å². The number of nitrogens with one attached hydrogen (secondary N) is 1. The Labute approximate surface area is 115 Å². The van der Waals surface area contributed by atoms with Crippen molar-refractivity contribution in [3.05, 3.63) is 34.1 Å². The predicted molar refractivity (Wildman–Crippen MR) is 69.0 cm³/mol. The smallest absolute Gasteiger partial charge is 0.270 e. The average molecular weight is 303 g/mol. The van der Waals surface area contributed by atoms with E-state index in [-0.39, 0.29) is 6.54 Å². The van der Waals surface area contributed by atoms with E-state index in [2.05, 4.69) is 4.72 Å². The van der Waals surface area contributed by atoms with Crippen LogP contribution in [-0.4, -0.2) is 25.4 Å². The molecule has 1 aromatic rings. The second kappa shape index (κ2) is 5.08. The molecule has 0 radical (unpaired) electrons. The Bertz CT molecular complexity index is 643. The van der Waals surface area contributed by atoms with Gasteiger partial charge in [0.25, 0.3) is 5.69 Å². The maximum atomic E-state index is 13.6. The van der Waals surface area contributed by atoms with Gasteiger partial charge in [0.1, 0.15) is 10.7 Å². The third-order valence-corrected chi connectivity index (χ3v) is 4.79. The first-order valence-corrected chi connectivity index (χ1v) is 7.44. The van der Waals surface area contributed by atoms with Gasteiger partial charge in [0.15, 0.2) is 0 Å². The molecule has 1 aromatic carbocycles. The molecule has 20 heavy (non-hydrogen) atoms. The molecule has 0 aromatic heterocycles. The van der Waals surface area contributed by atoms with Crippen LogP contribution in [0.2, 0.25) is 0 Å². The fourth-order valence-electron chi connectivity index (χ4n) is 1.94. The molecule has 3 N–H and O–H groups in total. The van der Waals surface area contributed by atoms with Gasteiger partial charge in [-0.05, 0) is 25.3 Å². The summed E-state index contributed by atoms with van der Waals surface area (Å²) < 4.78 is 39.8. The highest BCUT2D eigenvalue weighted by Gasteiger charge is 2.34. The van der Waals surface area contributed by atoms with Crippen molar-refractivity contribution in [3.8, 4) is 0 Å². The van der Waals surface area contributed by atoms with Gasteiger partial charge in [-0.15, -0.1) is 0 Å². The molecule has 0 saturated heterocycles. The Balaban J connectivity index is 2.24. The van der Waals surface area contributed by atoms with E-state index in [4.69, 9.17) is 5.73 Å². The topological polar surface area (TPSA) is 115 Å². The predicted octanol–water partition coefficient (Wildman–Crippen LogP) is 0.894. The first-order valence-electron chi connectivity index (χ1n) is 5.96. The maximum absolute atomic E-state index is 13.6. The van der Waals surface area contributed by atoms with Crippen molar-refractivity contribution >= 4 is 15.7 Å². The third-order valence-electron chi connectivity index (χ3n) is 3.38. The summed E-state index contributed by atoms with van der Waals surface area (Å²) >= 11 is 0. The number of nitro benzene ring substituents is 1. The standard InChI is InChI=1S/C11H14FN3O4S/c12-9-3-2-8(15(16)17)6-10(9)20(18,19)14-7-11(13)4-1-5-11/h2-3,6,14H,1,4-5,7,13H2. The van der Waals surface area contributed by atoms with Crippen LogP contribution in [0, 0.1) is 15.9 Å².